The van der Waals surface area contributed by atoms with E-state index < -0.39 is 0 Å². The highest BCUT2D eigenvalue weighted by Gasteiger charge is 2.31. The molecule has 1 amide bonds. The Balaban J connectivity index is 1.79. The Morgan fingerprint density at radius 2 is 2.14 bits per heavy atom. The molecule has 1 saturated carbocycles. The van der Waals surface area contributed by atoms with Gasteiger partial charge in [0.05, 0.1) is 6.20 Å². The predicted octanol–water partition coefficient (Wildman–Crippen LogP) is 2.11. The first-order valence-electron chi connectivity index (χ1n) is 8.41. The van der Waals surface area contributed by atoms with Crippen LogP contribution in [-0.2, 0) is 18.3 Å². The number of nitrogens with one attached hydrogen (secondary N) is 1. The SMILES string of the molecule is Cc1c(CCC(=O)NCC2(CCO)CCCCC2)cnn1C. The molecule has 0 atom stereocenters. The summed E-state index contributed by atoms with van der Waals surface area (Å²) in [5, 5.41) is 16.6. The van der Waals surface area contributed by atoms with Gasteiger partial charge in [0.15, 0.2) is 0 Å². The maximum absolute atomic E-state index is 12.1. The lowest BCUT2D eigenvalue weighted by molar-refractivity contribution is -0.121. The van der Waals surface area contributed by atoms with Crippen molar-refractivity contribution in [3.63, 3.8) is 0 Å². The number of amides is 1. The van der Waals surface area contributed by atoms with E-state index in [0.717, 1.165) is 36.9 Å². The summed E-state index contributed by atoms with van der Waals surface area (Å²) in [6.45, 7) is 2.95. The highest BCUT2D eigenvalue weighted by molar-refractivity contribution is 5.76. The molecule has 0 aromatic carbocycles. The first-order chi connectivity index (χ1) is 10.6. The van der Waals surface area contributed by atoms with E-state index >= 15 is 0 Å². The maximum Gasteiger partial charge on any atom is 0.220 e. The number of hydrogen-bond donors (Lipinski definition) is 2. The average Bonchev–Trinajstić information content (AvgIpc) is 2.84. The molecule has 1 heterocycles. The second-order valence-corrected chi connectivity index (χ2v) is 6.69. The molecule has 0 aliphatic heterocycles. The third-order valence-electron chi connectivity index (χ3n) is 5.18. The first kappa shape index (κ1) is 17.0. The maximum atomic E-state index is 12.1. The van der Waals surface area contributed by atoms with E-state index in [0.29, 0.717) is 13.0 Å². The lowest BCUT2D eigenvalue weighted by Crippen LogP contribution is -2.39. The highest BCUT2D eigenvalue weighted by Crippen LogP contribution is 2.38. The van der Waals surface area contributed by atoms with Gasteiger partial charge in [-0.05, 0) is 43.6 Å². The van der Waals surface area contributed by atoms with Gasteiger partial charge in [0.25, 0.3) is 0 Å². The Morgan fingerprint density at radius 3 is 2.73 bits per heavy atom. The Bertz CT molecular complexity index is 485. The average molecular weight is 307 g/mol. The van der Waals surface area contributed by atoms with Crippen molar-refractivity contribution in [3.8, 4) is 0 Å². The van der Waals surface area contributed by atoms with Crippen LogP contribution in [0.15, 0.2) is 6.20 Å². The van der Waals surface area contributed by atoms with E-state index in [1.54, 1.807) is 0 Å². The summed E-state index contributed by atoms with van der Waals surface area (Å²) in [6, 6.07) is 0. The number of carbonyl (C=O) groups excluding carboxylic acids is 1. The third kappa shape index (κ3) is 4.32. The smallest absolute Gasteiger partial charge is 0.220 e. The van der Waals surface area contributed by atoms with Crippen molar-refractivity contribution in [3.05, 3.63) is 17.5 Å². The van der Waals surface area contributed by atoms with Gasteiger partial charge in [0.2, 0.25) is 5.91 Å². The van der Waals surface area contributed by atoms with Gasteiger partial charge in [0.1, 0.15) is 0 Å². The van der Waals surface area contributed by atoms with Crippen LogP contribution in [0, 0.1) is 12.3 Å². The number of aryl methyl sites for hydroxylation is 2. The van der Waals surface area contributed by atoms with E-state index in [2.05, 4.69) is 10.4 Å². The summed E-state index contributed by atoms with van der Waals surface area (Å²) in [6.07, 6.45) is 9.83. The van der Waals surface area contributed by atoms with Crippen molar-refractivity contribution in [2.24, 2.45) is 12.5 Å². The normalized spacial score (nSPS) is 17.4. The molecular formula is C17H29N3O2. The number of carbonyl (C=O) groups is 1. The zero-order valence-corrected chi connectivity index (χ0v) is 13.9. The van der Waals surface area contributed by atoms with Crippen molar-refractivity contribution < 1.29 is 9.90 Å². The number of aliphatic hydroxyl groups is 1. The molecule has 22 heavy (non-hydrogen) atoms. The van der Waals surface area contributed by atoms with Crippen molar-refractivity contribution >= 4 is 5.91 Å². The van der Waals surface area contributed by atoms with Crippen LogP contribution < -0.4 is 5.32 Å². The topological polar surface area (TPSA) is 67.2 Å². The molecule has 0 bridgehead atoms. The molecule has 1 aromatic heterocycles. The van der Waals surface area contributed by atoms with Crippen molar-refractivity contribution in [2.45, 2.75) is 58.3 Å². The summed E-state index contributed by atoms with van der Waals surface area (Å²) in [5.74, 6) is 0.103. The molecule has 2 rings (SSSR count). The molecule has 124 valence electrons. The highest BCUT2D eigenvalue weighted by atomic mass is 16.3. The van der Waals surface area contributed by atoms with Crippen LogP contribution in [0.25, 0.3) is 0 Å². The number of aliphatic hydroxyl groups excluding tert-OH is 1. The van der Waals surface area contributed by atoms with Crippen LogP contribution >= 0.6 is 0 Å². The van der Waals surface area contributed by atoms with Crippen LogP contribution in [0.3, 0.4) is 0 Å². The molecule has 0 spiro atoms. The third-order valence-corrected chi connectivity index (χ3v) is 5.18. The Labute approximate surface area is 133 Å². The fraction of sp³-hybridized carbons (Fsp3) is 0.765. The van der Waals surface area contributed by atoms with Crippen LogP contribution in [0.1, 0.15) is 56.2 Å². The molecule has 5 nitrogen and oxygen atoms in total. The first-order valence-corrected chi connectivity index (χ1v) is 8.41. The van der Waals surface area contributed by atoms with E-state index in [9.17, 15) is 9.90 Å². The van der Waals surface area contributed by atoms with Crippen LogP contribution in [0.4, 0.5) is 0 Å². The summed E-state index contributed by atoms with van der Waals surface area (Å²) in [7, 11) is 1.92. The van der Waals surface area contributed by atoms with E-state index in [4.69, 9.17) is 0 Å². The summed E-state index contributed by atoms with van der Waals surface area (Å²) < 4.78 is 1.84. The number of rotatable bonds is 7. The molecule has 1 fully saturated rings. The molecular weight excluding hydrogens is 278 g/mol. The summed E-state index contributed by atoms with van der Waals surface area (Å²) >= 11 is 0. The van der Waals surface area contributed by atoms with Gasteiger partial charge in [-0.1, -0.05) is 19.3 Å². The van der Waals surface area contributed by atoms with Gasteiger partial charge < -0.3 is 10.4 Å². The summed E-state index contributed by atoms with van der Waals surface area (Å²) in [4.78, 5) is 12.1. The number of nitrogens with zero attached hydrogens (tertiary/aromatic N) is 2. The van der Waals surface area contributed by atoms with Crippen LogP contribution in [-0.4, -0.2) is 33.9 Å². The van der Waals surface area contributed by atoms with Crippen LogP contribution in [0.5, 0.6) is 0 Å². The summed E-state index contributed by atoms with van der Waals surface area (Å²) in [5.41, 5.74) is 2.38. The lowest BCUT2D eigenvalue weighted by Gasteiger charge is -2.37. The molecule has 5 heteroatoms. The van der Waals surface area contributed by atoms with Crippen LogP contribution in [0.2, 0.25) is 0 Å². The van der Waals surface area contributed by atoms with Gasteiger partial charge >= 0.3 is 0 Å². The van der Waals surface area contributed by atoms with Gasteiger partial charge in [-0.25, -0.2) is 0 Å². The fourth-order valence-electron chi connectivity index (χ4n) is 3.47. The minimum Gasteiger partial charge on any atom is -0.396 e. The van der Waals surface area contributed by atoms with Crippen molar-refractivity contribution in [1.29, 1.82) is 0 Å². The second-order valence-electron chi connectivity index (χ2n) is 6.69. The van der Waals surface area contributed by atoms with Gasteiger partial charge in [0, 0.05) is 32.3 Å². The minimum atomic E-state index is 0.103. The Morgan fingerprint density at radius 1 is 1.41 bits per heavy atom. The van der Waals surface area contributed by atoms with E-state index in [-0.39, 0.29) is 17.9 Å². The Hall–Kier alpha value is -1.36. The molecule has 0 unspecified atom stereocenters. The largest absolute Gasteiger partial charge is 0.396 e. The molecule has 0 radical (unpaired) electrons. The second kappa shape index (κ2) is 7.77. The minimum absolute atomic E-state index is 0.103. The zero-order chi connectivity index (χ0) is 16.0. The predicted molar refractivity (Wildman–Crippen MR) is 86.5 cm³/mol. The number of hydrogen-bond acceptors (Lipinski definition) is 3. The molecule has 1 aliphatic rings. The van der Waals surface area contributed by atoms with Crippen molar-refractivity contribution in [1.82, 2.24) is 15.1 Å². The van der Waals surface area contributed by atoms with E-state index in [1.165, 1.54) is 19.3 Å². The van der Waals surface area contributed by atoms with Gasteiger partial charge in [-0.3, -0.25) is 9.48 Å². The molecule has 0 saturated heterocycles. The lowest BCUT2D eigenvalue weighted by atomic mass is 9.72. The molecule has 2 N–H and O–H groups in total. The number of aromatic nitrogens is 2. The standard InChI is InChI=1S/C17H29N3O2/c1-14-15(12-19-20(14)2)6-7-16(22)18-13-17(10-11-21)8-4-3-5-9-17/h12,21H,3-11,13H2,1-2H3,(H,18,22). The molecule has 1 aromatic rings. The van der Waals surface area contributed by atoms with Crippen molar-refractivity contribution in [2.75, 3.05) is 13.2 Å². The van der Waals surface area contributed by atoms with E-state index in [1.807, 2.05) is 24.9 Å². The zero-order valence-electron chi connectivity index (χ0n) is 13.9. The fourth-order valence-corrected chi connectivity index (χ4v) is 3.47. The van der Waals surface area contributed by atoms with Gasteiger partial charge in [-0.2, -0.15) is 5.10 Å². The monoisotopic (exact) mass is 307 g/mol. The molecule has 1 aliphatic carbocycles. The quantitative estimate of drug-likeness (QED) is 0.811. The Kier molecular flexibility index (Phi) is 6.00. The van der Waals surface area contributed by atoms with Gasteiger partial charge in [-0.15, -0.1) is 0 Å².